The molecule has 1 aliphatic heterocycles. The van der Waals surface area contributed by atoms with Crippen molar-refractivity contribution in [3.05, 3.63) is 24.0 Å². The predicted octanol–water partition coefficient (Wildman–Crippen LogP) is 0.00960. The fraction of sp³-hybridized carbons (Fsp3) is 0.556. The number of hydrogen-bond acceptors (Lipinski definition) is 4. The maximum Gasteiger partial charge on any atom is 0.0771 e. The Hall–Kier alpha value is -1.00. The van der Waals surface area contributed by atoms with Gasteiger partial charge in [-0.25, -0.2) is 0 Å². The van der Waals surface area contributed by atoms with E-state index in [0.29, 0.717) is 6.04 Å². The number of rotatable bonds is 2. The second-order valence-electron chi connectivity index (χ2n) is 3.50. The van der Waals surface area contributed by atoms with Crippen molar-refractivity contribution in [3.63, 3.8) is 0 Å². The van der Waals surface area contributed by atoms with Crippen molar-refractivity contribution in [3.8, 4) is 0 Å². The summed E-state index contributed by atoms with van der Waals surface area (Å²) >= 11 is 0. The molecule has 1 saturated heterocycles. The van der Waals surface area contributed by atoms with Gasteiger partial charge in [0.1, 0.15) is 0 Å². The Bertz CT molecular complexity index is 262. The Morgan fingerprint density at radius 2 is 2.54 bits per heavy atom. The van der Waals surface area contributed by atoms with Gasteiger partial charge in [-0.05, 0) is 18.6 Å². The van der Waals surface area contributed by atoms with E-state index in [1.807, 2.05) is 12.1 Å². The third-order valence-electron chi connectivity index (χ3n) is 2.32. The van der Waals surface area contributed by atoms with E-state index in [0.717, 1.165) is 31.7 Å². The number of likely N-dealkylation sites (tertiary alicyclic amines) is 1. The van der Waals surface area contributed by atoms with Crippen molar-refractivity contribution in [2.75, 3.05) is 13.1 Å². The zero-order valence-electron chi connectivity index (χ0n) is 7.56. The Morgan fingerprint density at radius 1 is 1.62 bits per heavy atom. The maximum absolute atomic E-state index is 5.80. The summed E-state index contributed by atoms with van der Waals surface area (Å²) < 4.78 is 0. The predicted molar refractivity (Wildman–Crippen MR) is 49.9 cm³/mol. The van der Waals surface area contributed by atoms with E-state index in [-0.39, 0.29) is 0 Å². The summed E-state index contributed by atoms with van der Waals surface area (Å²) in [4.78, 5) is 2.31. The van der Waals surface area contributed by atoms with Crippen LogP contribution in [0, 0.1) is 0 Å². The third-order valence-corrected chi connectivity index (χ3v) is 2.32. The first-order valence-corrected chi connectivity index (χ1v) is 4.59. The van der Waals surface area contributed by atoms with E-state index >= 15 is 0 Å². The molecule has 0 aromatic carbocycles. The fourth-order valence-corrected chi connectivity index (χ4v) is 1.65. The molecule has 0 amide bonds. The Labute approximate surface area is 77.8 Å². The van der Waals surface area contributed by atoms with Gasteiger partial charge in [0.15, 0.2) is 0 Å². The molecule has 2 N–H and O–H groups in total. The van der Waals surface area contributed by atoms with Crippen LogP contribution < -0.4 is 5.73 Å². The third kappa shape index (κ3) is 2.23. The highest BCUT2D eigenvalue weighted by Gasteiger charge is 2.18. The molecule has 13 heavy (non-hydrogen) atoms. The van der Waals surface area contributed by atoms with Crippen molar-refractivity contribution in [1.82, 2.24) is 15.1 Å². The highest BCUT2D eigenvalue weighted by molar-refractivity contribution is 4.99. The first kappa shape index (κ1) is 8.59. The summed E-state index contributed by atoms with van der Waals surface area (Å²) in [5, 5.41) is 7.87. The van der Waals surface area contributed by atoms with Crippen LogP contribution in [0.2, 0.25) is 0 Å². The average molecular weight is 178 g/mol. The molecule has 1 aromatic heterocycles. The molecule has 0 spiro atoms. The molecule has 1 unspecified atom stereocenters. The van der Waals surface area contributed by atoms with Gasteiger partial charge in [0, 0.05) is 31.9 Å². The molecule has 1 aliphatic rings. The van der Waals surface area contributed by atoms with Crippen molar-refractivity contribution in [1.29, 1.82) is 0 Å². The highest BCUT2D eigenvalue weighted by atomic mass is 15.2. The molecular weight excluding hydrogens is 164 g/mol. The van der Waals surface area contributed by atoms with Crippen LogP contribution in [0.5, 0.6) is 0 Å². The summed E-state index contributed by atoms with van der Waals surface area (Å²) in [6, 6.07) is 4.26. The van der Waals surface area contributed by atoms with Gasteiger partial charge in [-0.3, -0.25) is 4.90 Å². The molecule has 1 fully saturated rings. The molecule has 0 radical (unpaired) electrons. The average Bonchev–Trinajstić information content (AvgIpc) is 2.53. The van der Waals surface area contributed by atoms with E-state index in [1.54, 1.807) is 6.20 Å². The summed E-state index contributed by atoms with van der Waals surface area (Å²) in [7, 11) is 0. The van der Waals surface area contributed by atoms with Crippen LogP contribution in [0.25, 0.3) is 0 Å². The number of nitrogens with zero attached hydrogens (tertiary/aromatic N) is 3. The van der Waals surface area contributed by atoms with Crippen LogP contribution in [-0.4, -0.2) is 34.2 Å². The lowest BCUT2D eigenvalue weighted by molar-refractivity contribution is 0.321. The van der Waals surface area contributed by atoms with E-state index in [4.69, 9.17) is 5.73 Å². The van der Waals surface area contributed by atoms with Gasteiger partial charge in [0.25, 0.3) is 0 Å². The largest absolute Gasteiger partial charge is 0.326 e. The Kier molecular flexibility index (Phi) is 2.52. The second kappa shape index (κ2) is 3.81. The molecule has 0 bridgehead atoms. The van der Waals surface area contributed by atoms with Crippen LogP contribution in [0.4, 0.5) is 0 Å². The lowest BCUT2D eigenvalue weighted by atomic mass is 10.3. The first-order valence-electron chi connectivity index (χ1n) is 4.59. The van der Waals surface area contributed by atoms with Gasteiger partial charge < -0.3 is 5.73 Å². The second-order valence-corrected chi connectivity index (χ2v) is 3.50. The smallest absolute Gasteiger partial charge is 0.0771 e. The lowest BCUT2D eigenvalue weighted by Crippen LogP contribution is -2.26. The molecular formula is C9H14N4. The van der Waals surface area contributed by atoms with E-state index in [2.05, 4.69) is 15.1 Å². The van der Waals surface area contributed by atoms with E-state index < -0.39 is 0 Å². The van der Waals surface area contributed by atoms with Gasteiger partial charge in [-0.2, -0.15) is 10.2 Å². The van der Waals surface area contributed by atoms with Gasteiger partial charge >= 0.3 is 0 Å². The van der Waals surface area contributed by atoms with Gasteiger partial charge in [0.05, 0.1) is 5.69 Å². The first-order chi connectivity index (χ1) is 6.34. The Morgan fingerprint density at radius 3 is 3.15 bits per heavy atom. The minimum atomic E-state index is 0.344. The van der Waals surface area contributed by atoms with Crippen LogP contribution in [0.1, 0.15) is 12.1 Å². The van der Waals surface area contributed by atoms with E-state index in [1.165, 1.54) is 0 Å². The molecule has 0 saturated carbocycles. The molecule has 70 valence electrons. The van der Waals surface area contributed by atoms with Gasteiger partial charge in [-0.15, -0.1) is 0 Å². The molecule has 0 aliphatic carbocycles. The topological polar surface area (TPSA) is 55.0 Å². The van der Waals surface area contributed by atoms with Crippen LogP contribution in [0.15, 0.2) is 18.3 Å². The van der Waals surface area contributed by atoms with Crippen LogP contribution in [-0.2, 0) is 6.54 Å². The van der Waals surface area contributed by atoms with Gasteiger partial charge in [0.2, 0.25) is 0 Å². The summed E-state index contributed by atoms with van der Waals surface area (Å²) in [5.41, 5.74) is 6.83. The molecule has 1 aromatic rings. The number of nitrogens with two attached hydrogens (primary N) is 1. The zero-order chi connectivity index (χ0) is 9.10. The standard InChI is InChI=1S/C9H14N4/c10-8-3-5-13(6-8)7-9-2-1-4-11-12-9/h1-2,4,8H,3,5-7,10H2. The maximum atomic E-state index is 5.80. The lowest BCUT2D eigenvalue weighted by Gasteiger charge is -2.13. The van der Waals surface area contributed by atoms with Crippen LogP contribution in [0.3, 0.4) is 0 Å². The van der Waals surface area contributed by atoms with Gasteiger partial charge in [-0.1, -0.05) is 0 Å². The summed E-state index contributed by atoms with van der Waals surface area (Å²) in [5.74, 6) is 0. The SMILES string of the molecule is NC1CCN(Cc2cccnn2)C1. The van der Waals surface area contributed by atoms with E-state index in [9.17, 15) is 0 Å². The number of aromatic nitrogens is 2. The van der Waals surface area contributed by atoms with Crippen molar-refractivity contribution in [2.45, 2.75) is 19.0 Å². The summed E-state index contributed by atoms with van der Waals surface area (Å²) in [6.07, 6.45) is 2.79. The van der Waals surface area contributed by atoms with Crippen molar-refractivity contribution in [2.24, 2.45) is 5.73 Å². The monoisotopic (exact) mass is 178 g/mol. The Balaban J connectivity index is 1.92. The van der Waals surface area contributed by atoms with Crippen LogP contribution >= 0.6 is 0 Å². The molecule has 4 nitrogen and oxygen atoms in total. The zero-order valence-corrected chi connectivity index (χ0v) is 7.56. The summed E-state index contributed by atoms with van der Waals surface area (Å²) in [6.45, 7) is 2.94. The minimum absolute atomic E-state index is 0.344. The molecule has 4 heteroatoms. The molecule has 2 heterocycles. The number of hydrogen-bond donors (Lipinski definition) is 1. The quantitative estimate of drug-likeness (QED) is 0.693. The fourth-order valence-electron chi connectivity index (χ4n) is 1.65. The molecule has 2 rings (SSSR count). The van der Waals surface area contributed by atoms with Crippen molar-refractivity contribution >= 4 is 0 Å². The highest BCUT2D eigenvalue weighted by Crippen LogP contribution is 2.09. The normalized spacial score (nSPS) is 23.6. The van der Waals surface area contributed by atoms with Crippen molar-refractivity contribution < 1.29 is 0 Å². The minimum Gasteiger partial charge on any atom is -0.326 e. The molecule has 1 atom stereocenters.